The zero-order valence-electron chi connectivity index (χ0n) is 15.3. The van der Waals surface area contributed by atoms with Crippen LogP contribution in [-0.2, 0) is 16.9 Å². The SMILES string of the molecule is CC(F)(F)[C@@]1(C#CC2CC2)OC(=O)Nc2cc(Cn3cnccc3=O)c(Cl)cc21. The van der Waals surface area contributed by atoms with Crippen molar-refractivity contribution >= 4 is 23.4 Å². The fourth-order valence-electron chi connectivity index (χ4n) is 3.10. The minimum Gasteiger partial charge on any atom is -0.418 e. The van der Waals surface area contributed by atoms with Crippen molar-refractivity contribution < 1.29 is 18.3 Å². The molecule has 1 aliphatic heterocycles. The Hall–Kier alpha value is -2.92. The van der Waals surface area contributed by atoms with Crippen LogP contribution < -0.4 is 10.9 Å². The van der Waals surface area contributed by atoms with Crippen molar-refractivity contribution in [2.75, 3.05) is 5.32 Å². The minimum absolute atomic E-state index is 0.0231. The first-order valence-electron chi connectivity index (χ1n) is 8.93. The number of anilines is 1. The first kappa shape index (κ1) is 19.4. The summed E-state index contributed by atoms with van der Waals surface area (Å²) >= 11 is 6.36. The van der Waals surface area contributed by atoms with Crippen LogP contribution in [0, 0.1) is 17.8 Å². The largest absolute Gasteiger partial charge is 0.418 e. The van der Waals surface area contributed by atoms with Crippen molar-refractivity contribution in [3.63, 3.8) is 0 Å². The molecule has 2 aromatic rings. The summed E-state index contributed by atoms with van der Waals surface area (Å²) in [6, 6.07) is 4.06. The topological polar surface area (TPSA) is 73.2 Å². The highest BCUT2D eigenvalue weighted by atomic mass is 35.5. The second kappa shape index (κ2) is 6.85. The van der Waals surface area contributed by atoms with Gasteiger partial charge in [0.15, 0.2) is 0 Å². The molecule has 29 heavy (non-hydrogen) atoms. The van der Waals surface area contributed by atoms with Crippen molar-refractivity contribution in [2.24, 2.45) is 5.92 Å². The number of halogens is 3. The number of amides is 1. The molecule has 1 atom stereocenters. The molecule has 1 aromatic heterocycles. The van der Waals surface area contributed by atoms with Crippen LogP contribution >= 0.6 is 11.6 Å². The number of nitrogens with one attached hydrogen (secondary N) is 1. The standard InChI is InChI=1S/C20H16ClF2N3O3/c1-19(22,23)20(6-4-12-2-3-12)14-9-15(21)13(8-16(14)25-18(28)29-20)10-26-11-24-7-5-17(26)27/h5,7-9,11-12H,2-3,10H2,1H3,(H,25,28)/t20-/m0/s1. The number of carbonyl (C=O) groups is 1. The number of hydrogen-bond donors (Lipinski definition) is 1. The van der Waals surface area contributed by atoms with E-state index in [1.165, 1.54) is 35.3 Å². The molecule has 0 bridgehead atoms. The Balaban J connectivity index is 1.84. The van der Waals surface area contributed by atoms with Crippen molar-refractivity contribution in [1.82, 2.24) is 9.55 Å². The number of cyclic esters (lactones) is 1. The lowest BCUT2D eigenvalue weighted by Gasteiger charge is -2.38. The third-order valence-corrected chi connectivity index (χ3v) is 5.18. The number of fused-ring (bicyclic) bond motifs is 1. The highest BCUT2D eigenvalue weighted by molar-refractivity contribution is 6.31. The normalized spacial score (nSPS) is 20.8. The number of benzene rings is 1. The van der Waals surface area contributed by atoms with Crippen molar-refractivity contribution in [1.29, 1.82) is 0 Å². The Morgan fingerprint density at radius 3 is 2.83 bits per heavy atom. The molecule has 1 fully saturated rings. The summed E-state index contributed by atoms with van der Waals surface area (Å²) in [5.74, 6) is 1.85. The Kier molecular flexibility index (Phi) is 4.58. The van der Waals surface area contributed by atoms with E-state index in [2.05, 4.69) is 22.1 Å². The first-order valence-corrected chi connectivity index (χ1v) is 9.31. The predicted molar refractivity (Wildman–Crippen MR) is 102 cm³/mol. The second-order valence-electron chi connectivity index (χ2n) is 7.16. The number of carbonyl (C=O) groups excluding carboxylic acids is 1. The summed E-state index contributed by atoms with van der Waals surface area (Å²) in [6.07, 6.45) is 3.33. The molecule has 0 spiro atoms. The molecule has 1 saturated carbocycles. The van der Waals surface area contributed by atoms with Gasteiger partial charge in [-0.2, -0.15) is 0 Å². The fraction of sp³-hybridized carbons (Fsp3) is 0.350. The van der Waals surface area contributed by atoms with Crippen LogP contribution in [0.3, 0.4) is 0 Å². The van der Waals surface area contributed by atoms with Gasteiger partial charge in [0, 0.05) is 35.7 Å². The third kappa shape index (κ3) is 3.58. The van der Waals surface area contributed by atoms with Crippen LogP contribution in [0.5, 0.6) is 0 Å². The highest BCUT2D eigenvalue weighted by Crippen LogP contribution is 2.48. The van der Waals surface area contributed by atoms with Gasteiger partial charge in [-0.3, -0.25) is 14.7 Å². The van der Waals surface area contributed by atoms with Gasteiger partial charge >= 0.3 is 6.09 Å². The molecular weight excluding hydrogens is 404 g/mol. The number of ether oxygens (including phenoxy) is 1. The summed E-state index contributed by atoms with van der Waals surface area (Å²) < 4.78 is 35.8. The molecule has 1 aliphatic carbocycles. The molecule has 6 nitrogen and oxygen atoms in total. The van der Waals surface area contributed by atoms with Crippen LogP contribution in [0.1, 0.15) is 30.9 Å². The lowest BCUT2D eigenvalue weighted by atomic mass is 9.85. The Morgan fingerprint density at radius 2 is 2.17 bits per heavy atom. The Morgan fingerprint density at radius 1 is 1.41 bits per heavy atom. The summed E-state index contributed by atoms with van der Waals surface area (Å²) in [7, 11) is 0. The number of hydrogen-bond acceptors (Lipinski definition) is 4. The molecule has 1 aromatic carbocycles. The molecule has 4 rings (SSSR count). The zero-order chi connectivity index (χ0) is 20.8. The van der Waals surface area contributed by atoms with E-state index in [-0.39, 0.29) is 34.3 Å². The van der Waals surface area contributed by atoms with Crippen molar-refractivity contribution in [2.45, 2.75) is 37.8 Å². The third-order valence-electron chi connectivity index (χ3n) is 4.83. The first-order chi connectivity index (χ1) is 13.7. The van der Waals surface area contributed by atoms with E-state index in [1.54, 1.807) is 0 Å². The number of alkyl halides is 2. The molecule has 2 heterocycles. The summed E-state index contributed by atoms with van der Waals surface area (Å²) in [4.78, 5) is 27.9. The van der Waals surface area contributed by atoms with E-state index in [1.807, 2.05) is 0 Å². The molecule has 0 saturated heterocycles. The fourth-order valence-corrected chi connectivity index (χ4v) is 3.33. The van der Waals surface area contributed by atoms with E-state index < -0.39 is 17.6 Å². The van der Waals surface area contributed by atoms with Gasteiger partial charge in [0.2, 0.25) is 0 Å². The summed E-state index contributed by atoms with van der Waals surface area (Å²) in [5.41, 5.74) is -2.20. The van der Waals surface area contributed by atoms with E-state index in [0.717, 1.165) is 12.8 Å². The zero-order valence-corrected chi connectivity index (χ0v) is 16.1. The molecule has 1 amide bonds. The van der Waals surface area contributed by atoms with Crippen LogP contribution in [0.15, 0.2) is 35.5 Å². The monoisotopic (exact) mass is 419 g/mol. The highest BCUT2D eigenvalue weighted by Gasteiger charge is 2.57. The average molecular weight is 420 g/mol. The lowest BCUT2D eigenvalue weighted by molar-refractivity contribution is -0.142. The molecule has 0 unspecified atom stereocenters. The predicted octanol–water partition coefficient (Wildman–Crippen LogP) is 3.77. The molecule has 9 heteroatoms. The summed E-state index contributed by atoms with van der Waals surface area (Å²) in [6.45, 7) is 0.715. The van der Waals surface area contributed by atoms with Crippen LogP contribution in [0.25, 0.3) is 0 Å². The maximum atomic E-state index is 14.7. The van der Waals surface area contributed by atoms with E-state index in [0.29, 0.717) is 12.5 Å². The average Bonchev–Trinajstić information content (AvgIpc) is 3.46. The Bertz CT molecular complexity index is 1110. The van der Waals surface area contributed by atoms with Crippen LogP contribution in [0.2, 0.25) is 5.02 Å². The number of rotatable bonds is 3. The van der Waals surface area contributed by atoms with Gasteiger partial charge in [-0.1, -0.05) is 17.5 Å². The van der Waals surface area contributed by atoms with Crippen molar-refractivity contribution in [3.8, 4) is 11.8 Å². The van der Waals surface area contributed by atoms with Gasteiger partial charge in [-0.25, -0.2) is 18.6 Å². The lowest BCUT2D eigenvalue weighted by Crippen LogP contribution is -2.50. The van der Waals surface area contributed by atoms with E-state index in [4.69, 9.17) is 16.3 Å². The van der Waals surface area contributed by atoms with Gasteiger partial charge < -0.3 is 4.74 Å². The van der Waals surface area contributed by atoms with E-state index in [9.17, 15) is 18.4 Å². The van der Waals surface area contributed by atoms with Gasteiger partial charge in [0.05, 0.1) is 18.6 Å². The van der Waals surface area contributed by atoms with Crippen LogP contribution in [0.4, 0.5) is 19.3 Å². The molecule has 150 valence electrons. The van der Waals surface area contributed by atoms with Gasteiger partial charge in [0.1, 0.15) is 0 Å². The quantitative estimate of drug-likeness (QED) is 0.768. The number of nitrogens with zero attached hydrogens (tertiary/aromatic N) is 2. The van der Waals surface area contributed by atoms with Crippen molar-refractivity contribution in [3.05, 3.63) is 57.2 Å². The minimum atomic E-state index is -3.48. The van der Waals surface area contributed by atoms with Crippen LogP contribution in [-0.4, -0.2) is 21.6 Å². The second-order valence-corrected chi connectivity index (χ2v) is 7.57. The summed E-state index contributed by atoms with van der Waals surface area (Å²) in [5, 5.41) is 2.57. The molecule has 2 aliphatic rings. The van der Waals surface area contributed by atoms with Gasteiger partial charge in [-0.05, 0) is 36.5 Å². The molecular formula is C20H16ClF2N3O3. The van der Waals surface area contributed by atoms with Gasteiger partial charge in [-0.15, -0.1) is 0 Å². The smallest absolute Gasteiger partial charge is 0.413 e. The van der Waals surface area contributed by atoms with Gasteiger partial charge in [0.25, 0.3) is 17.1 Å². The maximum absolute atomic E-state index is 14.7. The Labute approximate surface area is 169 Å². The molecule has 0 radical (unpaired) electrons. The maximum Gasteiger partial charge on any atom is 0.413 e. The van der Waals surface area contributed by atoms with E-state index >= 15 is 0 Å². The molecule has 1 N–H and O–H groups in total. The number of aromatic nitrogens is 2.